The first-order chi connectivity index (χ1) is 24.3. The summed E-state index contributed by atoms with van der Waals surface area (Å²) in [5.41, 5.74) is 9.98. The third-order valence-electron chi connectivity index (χ3n) is 9.67. The summed E-state index contributed by atoms with van der Waals surface area (Å²) < 4.78 is 8.92. The van der Waals surface area contributed by atoms with Crippen LogP contribution in [0.15, 0.2) is 180 Å². The first-order valence-electron chi connectivity index (χ1n) is 16.6. The number of para-hydroxylation sites is 1. The van der Waals surface area contributed by atoms with Gasteiger partial charge in [0.25, 0.3) is 0 Å². The number of thiophene rings is 1. The Labute approximate surface area is 287 Å². The summed E-state index contributed by atoms with van der Waals surface area (Å²) in [7, 11) is 0. The molecule has 0 N–H and O–H groups in total. The predicted molar refractivity (Wildman–Crippen MR) is 210 cm³/mol. The Balaban J connectivity index is 1.20. The number of nitrogens with zero attached hydrogens (tertiary/aromatic N) is 1. The molecule has 10 aromatic rings. The van der Waals surface area contributed by atoms with Gasteiger partial charge in [0.2, 0.25) is 0 Å². The van der Waals surface area contributed by atoms with Crippen molar-refractivity contribution in [1.29, 1.82) is 0 Å². The lowest BCUT2D eigenvalue weighted by molar-refractivity contribution is 0.669. The molecule has 0 atom stereocenters. The quantitative estimate of drug-likeness (QED) is 0.186. The molecule has 0 unspecified atom stereocenters. The third-order valence-corrected chi connectivity index (χ3v) is 10.8. The maximum atomic E-state index is 6.30. The Bertz CT molecular complexity index is 2830. The minimum atomic E-state index is 0.905. The van der Waals surface area contributed by atoms with Gasteiger partial charge in [-0.2, -0.15) is 0 Å². The van der Waals surface area contributed by atoms with Crippen LogP contribution in [0, 0.1) is 0 Å². The van der Waals surface area contributed by atoms with Crippen molar-refractivity contribution in [3.63, 3.8) is 0 Å². The molecule has 230 valence electrons. The Morgan fingerprint density at radius 2 is 1.08 bits per heavy atom. The van der Waals surface area contributed by atoms with Crippen molar-refractivity contribution in [3.05, 3.63) is 176 Å². The molecule has 0 bridgehead atoms. The number of benzene rings is 8. The van der Waals surface area contributed by atoms with Crippen LogP contribution in [0.4, 0.5) is 17.1 Å². The van der Waals surface area contributed by atoms with Crippen LogP contribution in [0.3, 0.4) is 0 Å². The molecule has 2 aromatic heterocycles. The Morgan fingerprint density at radius 1 is 0.388 bits per heavy atom. The number of hydrogen-bond acceptors (Lipinski definition) is 3. The maximum absolute atomic E-state index is 6.30. The summed E-state index contributed by atoms with van der Waals surface area (Å²) in [6.07, 6.45) is 0. The van der Waals surface area contributed by atoms with Gasteiger partial charge in [-0.15, -0.1) is 11.3 Å². The zero-order valence-corrected chi connectivity index (χ0v) is 27.3. The van der Waals surface area contributed by atoms with E-state index in [1.807, 2.05) is 23.5 Å². The van der Waals surface area contributed by atoms with Crippen molar-refractivity contribution in [3.8, 4) is 22.3 Å². The van der Waals surface area contributed by atoms with E-state index >= 15 is 0 Å². The van der Waals surface area contributed by atoms with Gasteiger partial charge in [-0.25, -0.2) is 0 Å². The lowest BCUT2D eigenvalue weighted by atomic mass is 9.98. The fourth-order valence-corrected chi connectivity index (χ4v) is 8.58. The van der Waals surface area contributed by atoms with Gasteiger partial charge >= 0.3 is 0 Å². The molecule has 8 aromatic carbocycles. The second-order valence-electron chi connectivity index (χ2n) is 12.5. The van der Waals surface area contributed by atoms with Gasteiger partial charge in [-0.3, -0.25) is 0 Å². The summed E-state index contributed by atoms with van der Waals surface area (Å²) in [5.74, 6) is 0. The highest BCUT2D eigenvalue weighted by Crippen LogP contribution is 2.45. The van der Waals surface area contributed by atoms with Crippen molar-refractivity contribution in [2.75, 3.05) is 4.90 Å². The Kier molecular flexibility index (Phi) is 6.39. The van der Waals surface area contributed by atoms with Crippen molar-refractivity contribution in [2.24, 2.45) is 0 Å². The van der Waals surface area contributed by atoms with Crippen LogP contribution in [0.1, 0.15) is 0 Å². The molecule has 0 saturated heterocycles. The molecule has 0 amide bonds. The zero-order valence-electron chi connectivity index (χ0n) is 26.5. The van der Waals surface area contributed by atoms with Gasteiger partial charge in [0.15, 0.2) is 0 Å². The van der Waals surface area contributed by atoms with Crippen molar-refractivity contribution < 1.29 is 4.42 Å². The summed E-state index contributed by atoms with van der Waals surface area (Å²) in [6.45, 7) is 0. The van der Waals surface area contributed by atoms with Crippen LogP contribution in [-0.4, -0.2) is 0 Å². The van der Waals surface area contributed by atoms with E-state index in [2.05, 4.69) is 169 Å². The van der Waals surface area contributed by atoms with Gasteiger partial charge < -0.3 is 9.32 Å². The molecule has 0 fully saturated rings. The molecule has 0 aliphatic rings. The Hall–Kier alpha value is -6.16. The molecule has 0 spiro atoms. The van der Waals surface area contributed by atoms with E-state index in [0.29, 0.717) is 0 Å². The SMILES string of the molecule is c1ccc(-c2ccc(N(c3cccc(-c4cccc5sc6ccccc6c45)c3)c3cccc4c3ccc3oc5ccccc5c34)cc2)cc1. The molecule has 0 saturated carbocycles. The van der Waals surface area contributed by atoms with Crippen molar-refractivity contribution in [1.82, 2.24) is 0 Å². The van der Waals surface area contributed by atoms with Crippen LogP contribution in [0.2, 0.25) is 0 Å². The smallest absolute Gasteiger partial charge is 0.136 e. The second kappa shape index (κ2) is 11.2. The van der Waals surface area contributed by atoms with E-state index in [1.54, 1.807) is 0 Å². The molecule has 0 aliphatic carbocycles. The number of hydrogen-bond donors (Lipinski definition) is 0. The first-order valence-corrected chi connectivity index (χ1v) is 17.4. The van der Waals surface area contributed by atoms with Crippen LogP contribution < -0.4 is 4.90 Å². The Morgan fingerprint density at radius 3 is 1.98 bits per heavy atom. The summed E-state index contributed by atoms with van der Waals surface area (Å²) in [5, 5.41) is 7.26. The summed E-state index contributed by atoms with van der Waals surface area (Å²) in [4.78, 5) is 2.40. The van der Waals surface area contributed by atoms with Gasteiger partial charge in [0.1, 0.15) is 11.2 Å². The van der Waals surface area contributed by atoms with E-state index < -0.39 is 0 Å². The number of furan rings is 1. The fourth-order valence-electron chi connectivity index (χ4n) is 7.45. The van der Waals surface area contributed by atoms with E-state index in [1.165, 1.54) is 53.2 Å². The topological polar surface area (TPSA) is 16.4 Å². The largest absolute Gasteiger partial charge is 0.456 e. The molecule has 49 heavy (non-hydrogen) atoms. The molecule has 2 heterocycles. The second-order valence-corrected chi connectivity index (χ2v) is 13.6. The van der Waals surface area contributed by atoms with Gasteiger partial charge in [-0.05, 0) is 88.3 Å². The predicted octanol–water partition coefficient (Wildman–Crippen LogP) is 13.9. The maximum Gasteiger partial charge on any atom is 0.136 e. The number of fused-ring (bicyclic) bond motifs is 8. The molecule has 3 heteroatoms. The van der Waals surface area contributed by atoms with Crippen LogP contribution in [-0.2, 0) is 0 Å². The molecule has 0 aliphatic heterocycles. The van der Waals surface area contributed by atoms with Crippen LogP contribution >= 0.6 is 11.3 Å². The monoisotopic (exact) mass is 643 g/mol. The standard InChI is InChI=1S/C46H29NOS/c1-2-11-30(12-3-1)31-23-25-33(26-24-31)47(40-19-9-18-37-36(40)27-28-42-45(37)38-15-4-6-20-41(38)48-42)34-14-8-13-32(29-34)35-17-10-22-44-46(35)39-16-5-7-21-43(39)49-44/h1-29H. The molecule has 2 nitrogen and oxygen atoms in total. The van der Waals surface area contributed by atoms with E-state index in [4.69, 9.17) is 4.42 Å². The lowest BCUT2D eigenvalue weighted by Crippen LogP contribution is -2.10. The van der Waals surface area contributed by atoms with Crippen LogP contribution in [0.25, 0.3) is 75.1 Å². The fraction of sp³-hybridized carbons (Fsp3) is 0. The highest BCUT2D eigenvalue weighted by Gasteiger charge is 2.20. The van der Waals surface area contributed by atoms with Crippen molar-refractivity contribution in [2.45, 2.75) is 0 Å². The van der Waals surface area contributed by atoms with E-state index in [-0.39, 0.29) is 0 Å². The third kappa shape index (κ3) is 4.55. The van der Waals surface area contributed by atoms with Crippen molar-refractivity contribution >= 4 is 81.3 Å². The minimum Gasteiger partial charge on any atom is -0.456 e. The summed E-state index contributed by atoms with van der Waals surface area (Å²) in [6, 6.07) is 63.2. The number of rotatable bonds is 5. The average Bonchev–Trinajstić information content (AvgIpc) is 3.75. The zero-order chi connectivity index (χ0) is 32.3. The normalized spacial score (nSPS) is 11.7. The highest BCUT2D eigenvalue weighted by molar-refractivity contribution is 7.25. The highest BCUT2D eigenvalue weighted by atomic mass is 32.1. The average molecular weight is 644 g/mol. The summed E-state index contributed by atoms with van der Waals surface area (Å²) >= 11 is 1.86. The van der Waals surface area contributed by atoms with E-state index in [0.717, 1.165) is 39.0 Å². The first kappa shape index (κ1) is 27.9. The van der Waals surface area contributed by atoms with Crippen LogP contribution in [0.5, 0.6) is 0 Å². The van der Waals surface area contributed by atoms with Gasteiger partial charge in [-0.1, -0.05) is 115 Å². The van der Waals surface area contributed by atoms with Gasteiger partial charge in [0, 0.05) is 47.7 Å². The number of anilines is 3. The minimum absolute atomic E-state index is 0.905. The lowest BCUT2D eigenvalue weighted by Gasteiger charge is -2.27. The van der Waals surface area contributed by atoms with E-state index in [9.17, 15) is 0 Å². The molecular formula is C46H29NOS. The molecular weight excluding hydrogens is 615 g/mol. The molecule has 0 radical (unpaired) electrons. The van der Waals surface area contributed by atoms with Gasteiger partial charge in [0.05, 0.1) is 5.69 Å². The molecule has 10 rings (SSSR count).